The van der Waals surface area contributed by atoms with Gasteiger partial charge >= 0.3 is 0 Å². The van der Waals surface area contributed by atoms with Crippen LogP contribution in [0.3, 0.4) is 0 Å². The Morgan fingerprint density at radius 3 is 2.12 bits per heavy atom. The van der Waals surface area contributed by atoms with Crippen LogP contribution in [0.2, 0.25) is 0 Å². The molecule has 0 saturated heterocycles. The number of methoxy groups -OCH3 is 1. The minimum Gasteiger partial charge on any atom is -0.497 e. The lowest BCUT2D eigenvalue weighted by Crippen LogP contribution is -2.18. The SMILES string of the molecule is COc1ccc(-c2c3c(c(Cc4ccccc4)n2S(=O)(=O)c2ccc(C)cc2)CCCC3)cc1. The van der Waals surface area contributed by atoms with Gasteiger partial charge in [-0.15, -0.1) is 0 Å². The molecule has 5 rings (SSSR count). The van der Waals surface area contributed by atoms with Crippen LogP contribution in [0.1, 0.15) is 40.8 Å². The topological polar surface area (TPSA) is 48.3 Å². The summed E-state index contributed by atoms with van der Waals surface area (Å²) in [6.07, 6.45) is 4.50. The molecule has 0 N–H and O–H groups in total. The zero-order valence-corrected chi connectivity index (χ0v) is 20.4. The molecule has 0 radical (unpaired) electrons. The Morgan fingerprint density at radius 1 is 0.824 bits per heavy atom. The summed E-state index contributed by atoms with van der Waals surface area (Å²) in [5, 5.41) is 0. The van der Waals surface area contributed by atoms with E-state index in [0.717, 1.165) is 65.1 Å². The molecule has 174 valence electrons. The molecular formula is C29H29NO3S. The standard InChI is InChI=1S/C29H29NO3S/c1-21-12-18-25(19-13-21)34(31,32)30-28(20-22-8-4-3-5-9-22)26-10-6-7-11-27(26)29(30)23-14-16-24(33-2)17-15-23/h3-5,8-9,12-19H,6-7,10-11,20H2,1-2H3. The second-order valence-electron chi connectivity index (χ2n) is 8.93. The van der Waals surface area contributed by atoms with Crippen molar-refractivity contribution in [2.24, 2.45) is 0 Å². The van der Waals surface area contributed by atoms with Crippen LogP contribution in [0, 0.1) is 6.92 Å². The van der Waals surface area contributed by atoms with Crippen LogP contribution < -0.4 is 4.74 Å². The molecule has 1 aliphatic carbocycles. The van der Waals surface area contributed by atoms with Crippen LogP contribution in [0.4, 0.5) is 0 Å². The van der Waals surface area contributed by atoms with E-state index in [0.29, 0.717) is 11.3 Å². The van der Waals surface area contributed by atoms with Gasteiger partial charge in [-0.2, -0.15) is 0 Å². The number of aryl methyl sites for hydroxylation is 1. The quantitative estimate of drug-likeness (QED) is 0.337. The van der Waals surface area contributed by atoms with E-state index in [9.17, 15) is 8.42 Å². The number of benzene rings is 3. The number of ether oxygens (including phenoxy) is 1. The Morgan fingerprint density at radius 2 is 1.47 bits per heavy atom. The fraction of sp³-hybridized carbons (Fsp3) is 0.241. The summed E-state index contributed by atoms with van der Waals surface area (Å²) in [6.45, 7) is 1.97. The van der Waals surface area contributed by atoms with E-state index in [1.165, 1.54) is 5.56 Å². The van der Waals surface area contributed by atoms with Gasteiger partial charge < -0.3 is 4.74 Å². The lowest BCUT2D eigenvalue weighted by Gasteiger charge is -2.16. The van der Waals surface area contributed by atoms with E-state index in [1.807, 2.05) is 61.5 Å². The van der Waals surface area contributed by atoms with Crippen molar-refractivity contribution in [1.29, 1.82) is 0 Å². The van der Waals surface area contributed by atoms with Crippen molar-refractivity contribution in [2.75, 3.05) is 7.11 Å². The molecule has 4 aromatic rings. The van der Waals surface area contributed by atoms with Crippen LogP contribution >= 0.6 is 0 Å². The maximum Gasteiger partial charge on any atom is 0.268 e. The molecule has 34 heavy (non-hydrogen) atoms. The average Bonchev–Trinajstić information content (AvgIpc) is 3.20. The van der Waals surface area contributed by atoms with Crippen molar-refractivity contribution in [3.8, 4) is 17.0 Å². The van der Waals surface area contributed by atoms with Gasteiger partial charge in [0.15, 0.2) is 0 Å². The van der Waals surface area contributed by atoms with Crippen molar-refractivity contribution in [2.45, 2.75) is 43.9 Å². The predicted octanol–water partition coefficient (Wildman–Crippen LogP) is 6.18. The van der Waals surface area contributed by atoms with Crippen LogP contribution in [0.25, 0.3) is 11.3 Å². The molecule has 0 bridgehead atoms. The fourth-order valence-corrected chi connectivity index (χ4v) is 6.57. The molecule has 0 amide bonds. The fourth-order valence-electron chi connectivity index (χ4n) is 4.95. The van der Waals surface area contributed by atoms with Crippen molar-refractivity contribution in [1.82, 2.24) is 3.97 Å². The van der Waals surface area contributed by atoms with Crippen molar-refractivity contribution >= 4 is 10.0 Å². The van der Waals surface area contributed by atoms with Crippen molar-refractivity contribution in [3.63, 3.8) is 0 Å². The zero-order chi connectivity index (χ0) is 23.7. The van der Waals surface area contributed by atoms with Crippen LogP contribution in [0.5, 0.6) is 5.75 Å². The van der Waals surface area contributed by atoms with Crippen molar-refractivity contribution < 1.29 is 13.2 Å². The summed E-state index contributed by atoms with van der Waals surface area (Å²) < 4.78 is 35.5. The van der Waals surface area contributed by atoms with Crippen molar-refractivity contribution in [3.05, 3.63) is 107 Å². The summed E-state index contributed by atoms with van der Waals surface area (Å²) in [4.78, 5) is 0.314. The highest BCUT2D eigenvalue weighted by molar-refractivity contribution is 7.90. The van der Waals surface area contributed by atoms with Crippen LogP contribution in [-0.4, -0.2) is 19.5 Å². The average molecular weight is 472 g/mol. The van der Waals surface area contributed by atoms with Gasteiger partial charge in [0.05, 0.1) is 17.7 Å². The lowest BCUT2D eigenvalue weighted by atomic mass is 9.89. The summed E-state index contributed by atoms with van der Waals surface area (Å²) in [6, 6.07) is 25.0. The molecule has 1 aliphatic rings. The molecule has 1 aromatic heterocycles. The maximum atomic E-state index is 14.2. The van der Waals surface area contributed by atoms with Gasteiger partial charge in [0.25, 0.3) is 10.0 Å². The molecule has 0 aliphatic heterocycles. The number of rotatable bonds is 6. The normalized spacial score (nSPS) is 13.5. The molecule has 0 spiro atoms. The van der Waals surface area contributed by atoms with E-state index in [4.69, 9.17) is 4.74 Å². The predicted molar refractivity (Wildman–Crippen MR) is 136 cm³/mol. The van der Waals surface area contributed by atoms with Gasteiger partial charge in [-0.1, -0.05) is 48.0 Å². The third kappa shape index (κ3) is 4.05. The Balaban J connectivity index is 1.80. The Kier molecular flexibility index (Phi) is 6.05. The molecule has 0 saturated carbocycles. The first-order chi connectivity index (χ1) is 16.5. The highest BCUT2D eigenvalue weighted by atomic mass is 32.2. The molecule has 0 atom stereocenters. The van der Waals surface area contributed by atoms with Gasteiger partial charge in [0.1, 0.15) is 5.75 Å². The second kappa shape index (κ2) is 9.15. The minimum atomic E-state index is -3.81. The van der Waals surface area contributed by atoms with Gasteiger partial charge in [0.2, 0.25) is 0 Å². The molecule has 0 unspecified atom stereocenters. The number of hydrogen-bond acceptors (Lipinski definition) is 3. The number of nitrogens with zero attached hydrogens (tertiary/aromatic N) is 1. The Hall–Kier alpha value is -3.31. The molecule has 1 heterocycles. The largest absolute Gasteiger partial charge is 0.497 e. The van der Waals surface area contributed by atoms with E-state index >= 15 is 0 Å². The Bertz CT molecular complexity index is 1400. The van der Waals surface area contributed by atoms with E-state index in [1.54, 1.807) is 23.2 Å². The first kappa shape index (κ1) is 22.5. The summed E-state index contributed by atoms with van der Waals surface area (Å²) in [5.41, 5.74) is 7.07. The van der Waals surface area contributed by atoms with Gasteiger partial charge in [-0.25, -0.2) is 12.4 Å². The molecule has 5 heteroatoms. The monoisotopic (exact) mass is 471 g/mol. The second-order valence-corrected chi connectivity index (χ2v) is 10.7. The first-order valence-electron chi connectivity index (χ1n) is 11.7. The molecule has 4 nitrogen and oxygen atoms in total. The van der Waals surface area contributed by atoms with E-state index in [-0.39, 0.29) is 0 Å². The van der Waals surface area contributed by atoms with E-state index in [2.05, 4.69) is 12.1 Å². The zero-order valence-electron chi connectivity index (χ0n) is 19.6. The third-order valence-corrected chi connectivity index (χ3v) is 8.44. The van der Waals surface area contributed by atoms with E-state index < -0.39 is 10.0 Å². The number of hydrogen-bond donors (Lipinski definition) is 0. The van der Waals surface area contributed by atoms with Gasteiger partial charge in [0, 0.05) is 12.1 Å². The number of aromatic nitrogens is 1. The van der Waals surface area contributed by atoms with Crippen LogP contribution in [0.15, 0.2) is 83.8 Å². The Labute approximate surface area is 201 Å². The highest BCUT2D eigenvalue weighted by Gasteiger charge is 2.32. The maximum absolute atomic E-state index is 14.2. The smallest absolute Gasteiger partial charge is 0.268 e. The summed E-state index contributed by atoms with van der Waals surface area (Å²) >= 11 is 0. The third-order valence-electron chi connectivity index (χ3n) is 6.69. The highest BCUT2D eigenvalue weighted by Crippen LogP contribution is 2.40. The van der Waals surface area contributed by atoms with Gasteiger partial charge in [-0.3, -0.25) is 0 Å². The minimum absolute atomic E-state index is 0.314. The summed E-state index contributed by atoms with van der Waals surface area (Å²) in [5.74, 6) is 0.752. The van der Waals surface area contributed by atoms with Crippen LogP contribution in [-0.2, 0) is 29.3 Å². The molecular weight excluding hydrogens is 442 g/mol. The number of fused-ring (bicyclic) bond motifs is 1. The summed E-state index contributed by atoms with van der Waals surface area (Å²) in [7, 11) is -2.17. The molecule has 3 aromatic carbocycles. The molecule has 0 fully saturated rings. The van der Waals surface area contributed by atoms with Gasteiger partial charge in [-0.05, 0) is 91.3 Å². The first-order valence-corrected chi connectivity index (χ1v) is 13.2. The lowest BCUT2D eigenvalue weighted by molar-refractivity contribution is 0.415.